The van der Waals surface area contributed by atoms with Gasteiger partial charge < -0.3 is 10.1 Å². The van der Waals surface area contributed by atoms with Gasteiger partial charge in [-0.1, -0.05) is 42.9 Å². The molecule has 0 bridgehead atoms. The lowest BCUT2D eigenvalue weighted by molar-refractivity contribution is 0.262. The van der Waals surface area contributed by atoms with E-state index in [1.54, 1.807) is 0 Å². The van der Waals surface area contributed by atoms with Gasteiger partial charge in [0.25, 0.3) is 0 Å². The minimum atomic E-state index is -0.300. The smallest absolute Gasteiger partial charge is 0.325 e. The Hall–Kier alpha value is -3.12. The fourth-order valence-electron chi connectivity index (χ4n) is 3.99. The fourth-order valence-corrected chi connectivity index (χ4v) is 4.93. The minimum absolute atomic E-state index is 0.300. The van der Waals surface area contributed by atoms with E-state index in [1.807, 2.05) is 24.3 Å². The van der Waals surface area contributed by atoms with Crippen molar-refractivity contribution in [2.75, 3.05) is 17.2 Å². The van der Waals surface area contributed by atoms with Gasteiger partial charge in [0, 0.05) is 11.1 Å². The summed E-state index contributed by atoms with van der Waals surface area (Å²) in [4.78, 5) is 17.2. The molecule has 0 atom stereocenters. The van der Waals surface area contributed by atoms with Gasteiger partial charge in [-0.3, -0.25) is 5.32 Å². The first kappa shape index (κ1) is 18.9. The van der Waals surface area contributed by atoms with Gasteiger partial charge in [-0.25, -0.2) is 9.78 Å². The van der Waals surface area contributed by atoms with Crippen molar-refractivity contribution in [1.82, 2.24) is 4.98 Å². The van der Waals surface area contributed by atoms with Crippen molar-refractivity contribution >= 4 is 49.2 Å². The zero-order valence-corrected chi connectivity index (χ0v) is 17.6. The molecule has 1 aliphatic rings. The topological polar surface area (TPSA) is 63.2 Å². The summed E-state index contributed by atoms with van der Waals surface area (Å²) in [5.74, 6) is 0.809. The summed E-state index contributed by atoms with van der Waals surface area (Å²) < 4.78 is 6.77. The van der Waals surface area contributed by atoms with E-state index in [4.69, 9.17) is 9.72 Å². The minimum Gasteiger partial charge on any atom is -0.494 e. The Morgan fingerprint density at radius 2 is 1.93 bits per heavy atom. The molecule has 2 amide bonds. The van der Waals surface area contributed by atoms with E-state index < -0.39 is 0 Å². The third-order valence-electron chi connectivity index (χ3n) is 5.45. The highest BCUT2D eigenvalue weighted by molar-refractivity contribution is 7.22. The summed E-state index contributed by atoms with van der Waals surface area (Å²) in [7, 11) is 0. The van der Waals surface area contributed by atoms with Crippen molar-refractivity contribution in [3.05, 3.63) is 59.7 Å². The van der Waals surface area contributed by atoms with E-state index in [1.165, 1.54) is 33.2 Å². The van der Waals surface area contributed by atoms with Crippen molar-refractivity contribution < 1.29 is 9.53 Å². The second kappa shape index (κ2) is 7.95. The van der Waals surface area contributed by atoms with Crippen LogP contribution in [0.15, 0.2) is 48.5 Å². The summed E-state index contributed by atoms with van der Waals surface area (Å²) in [6.07, 6.45) is 4.30. The number of nitrogens with one attached hydrogen (secondary N) is 2. The van der Waals surface area contributed by atoms with Gasteiger partial charge in [0.1, 0.15) is 5.75 Å². The number of benzene rings is 3. The SMILES string of the molecule is CCCCOc1ccc(NC(=O)Nc2nc3c(cc4c5c(cccc53)CC4)s2)cc1. The number of amides is 2. The van der Waals surface area contributed by atoms with Crippen LogP contribution in [0.3, 0.4) is 0 Å². The van der Waals surface area contributed by atoms with Gasteiger partial charge >= 0.3 is 6.03 Å². The van der Waals surface area contributed by atoms with Gasteiger partial charge in [-0.15, -0.1) is 0 Å². The normalized spacial score (nSPS) is 12.4. The molecule has 0 aliphatic heterocycles. The number of carbonyl (C=O) groups is 1. The Kier molecular flexibility index (Phi) is 5.01. The average molecular weight is 418 g/mol. The molecule has 6 heteroatoms. The first-order chi connectivity index (χ1) is 14.7. The van der Waals surface area contributed by atoms with Crippen LogP contribution in [-0.4, -0.2) is 17.6 Å². The maximum Gasteiger partial charge on any atom is 0.325 e. The van der Waals surface area contributed by atoms with E-state index in [2.05, 4.69) is 41.8 Å². The van der Waals surface area contributed by atoms with Crippen molar-refractivity contribution in [2.45, 2.75) is 32.6 Å². The number of aromatic nitrogens is 1. The summed E-state index contributed by atoms with van der Waals surface area (Å²) in [5.41, 5.74) is 4.45. The molecule has 2 N–H and O–H groups in total. The molecule has 0 fully saturated rings. The van der Waals surface area contributed by atoms with Gasteiger partial charge in [0.15, 0.2) is 5.13 Å². The van der Waals surface area contributed by atoms with Crippen LogP contribution >= 0.6 is 11.3 Å². The molecule has 5 nitrogen and oxygen atoms in total. The molecule has 5 rings (SSSR count). The third-order valence-corrected chi connectivity index (χ3v) is 6.37. The maximum absolute atomic E-state index is 12.5. The van der Waals surface area contributed by atoms with Crippen LogP contribution in [0.4, 0.5) is 15.6 Å². The second-order valence-corrected chi connectivity index (χ2v) is 8.58. The number of aryl methyl sites for hydroxylation is 2. The van der Waals surface area contributed by atoms with Gasteiger partial charge in [0.05, 0.1) is 16.8 Å². The van der Waals surface area contributed by atoms with E-state index in [0.717, 1.165) is 41.6 Å². The van der Waals surface area contributed by atoms with Gasteiger partial charge in [-0.05, 0) is 66.1 Å². The molecule has 4 aromatic rings. The Morgan fingerprint density at radius 3 is 2.77 bits per heavy atom. The third kappa shape index (κ3) is 3.59. The largest absolute Gasteiger partial charge is 0.494 e. The molecule has 0 radical (unpaired) electrons. The molecule has 1 aliphatic carbocycles. The molecule has 0 saturated carbocycles. The van der Waals surface area contributed by atoms with E-state index in [0.29, 0.717) is 17.4 Å². The molecular formula is C24H23N3O2S. The van der Waals surface area contributed by atoms with Crippen molar-refractivity contribution in [2.24, 2.45) is 0 Å². The Labute approximate surface area is 179 Å². The first-order valence-electron chi connectivity index (χ1n) is 10.4. The molecule has 152 valence electrons. The number of thiazole rings is 1. The highest BCUT2D eigenvalue weighted by Crippen LogP contribution is 2.39. The van der Waals surface area contributed by atoms with Crippen molar-refractivity contribution in [1.29, 1.82) is 0 Å². The van der Waals surface area contributed by atoms with Crippen LogP contribution < -0.4 is 15.4 Å². The Bertz CT molecular complexity index is 1230. The molecule has 1 heterocycles. The number of ether oxygens (including phenoxy) is 1. The quantitative estimate of drug-likeness (QED) is 0.358. The number of urea groups is 1. The predicted octanol–water partition coefficient (Wildman–Crippen LogP) is 6.37. The van der Waals surface area contributed by atoms with Crippen molar-refractivity contribution in [3.63, 3.8) is 0 Å². The zero-order valence-electron chi connectivity index (χ0n) is 16.8. The summed E-state index contributed by atoms with van der Waals surface area (Å²) in [6.45, 7) is 2.84. The molecule has 0 unspecified atom stereocenters. The lowest BCUT2D eigenvalue weighted by Gasteiger charge is -2.08. The average Bonchev–Trinajstić information content (AvgIpc) is 3.35. The van der Waals surface area contributed by atoms with E-state index in [9.17, 15) is 4.79 Å². The maximum atomic E-state index is 12.5. The summed E-state index contributed by atoms with van der Waals surface area (Å²) in [5, 5.41) is 8.86. The number of nitrogens with zero attached hydrogens (tertiary/aromatic N) is 1. The molecule has 1 aromatic heterocycles. The number of hydrogen-bond donors (Lipinski definition) is 2. The van der Waals surface area contributed by atoms with Crippen LogP contribution in [0.1, 0.15) is 30.9 Å². The number of fused-ring (bicyclic) bond motifs is 2. The number of rotatable bonds is 6. The van der Waals surface area contributed by atoms with Crippen LogP contribution in [-0.2, 0) is 12.8 Å². The monoisotopic (exact) mass is 417 g/mol. The van der Waals surface area contributed by atoms with Gasteiger partial charge in [0.2, 0.25) is 0 Å². The number of anilines is 2. The first-order valence-corrected chi connectivity index (χ1v) is 11.2. The standard InChI is InChI=1S/C24H23N3O2S/c1-2-3-13-29-18-11-9-17(10-12-18)25-23(28)27-24-26-22-19-6-4-5-15-7-8-16(21(15)19)14-20(22)30-24/h4-6,9-12,14H,2-3,7-8,13H2,1H3,(H2,25,26,27,28). The Balaban J connectivity index is 1.30. The lowest BCUT2D eigenvalue weighted by Crippen LogP contribution is -2.19. The summed E-state index contributed by atoms with van der Waals surface area (Å²) in [6, 6.07) is 15.8. The van der Waals surface area contributed by atoms with Crippen molar-refractivity contribution in [3.8, 4) is 5.75 Å². The van der Waals surface area contributed by atoms with Gasteiger partial charge in [-0.2, -0.15) is 0 Å². The number of carbonyl (C=O) groups excluding carboxylic acids is 1. The fraction of sp³-hybridized carbons (Fsp3) is 0.250. The molecule has 0 spiro atoms. The number of hydrogen-bond acceptors (Lipinski definition) is 4. The van der Waals surface area contributed by atoms with Crippen LogP contribution in [0, 0.1) is 0 Å². The zero-order chi connectivity index (χ0) is 20.5. The number of unbranched alkanes of at least 4 members (excludes halogenated alkanes) is 1. The highest BCUT2D eigenvalue weighted by atomic mass is 32.1. The predicted molar refractivity (Wildman–Crippen MR) is 124 cm³/mol. The van der Waals surface area contributed by atoms with E-state index >= 15 is 0 Å². The van der Waals surface area contributed by atoms with Crippen LogP contribution in [0.5, 0.6) is 5.75 Å². The molecule has 0 saturated heterocycles. The van der Waals surface area contributed by atoms with Crippen LogP contribution in [0.25, 0.3) is 21.0 Å². The molecule has 3 aromatic carbocycles. The Morgan fingerprint density at radius 1 is 1.10 bits per heavy atom. The molecular weight excluding hydrogens is 394 g/mol. The summed E-state index contributed by atoms with van der Waals surface area (Å²) >= 11 is 1.51. The van der Waals surface area contributed by atoms with E-state index in [-0.39, 0.29) is 6.03 Å². The highest BCUT2D eigenvalue weighted by Gasteiger charge is 2.19. The molecule has 30 heavy (non-hydrogen) atoms. The lowest BCUT2D eigenvalue weighted by atomic mass is 10.0. The second-order valence-electron chi connectivity index (χ2n) is 7.55. The van der Waals surface area contributed by atoms with Crippen LogP contribution in [0.2, 0.25) is 0 Å².